The number of carbonyl (C=O) groups is 1. The van der Waals surface area contributed by atoms with E-state index in [1.165, 1.54) is 7.11 Å². The number of aryl methyl sites for hydroxylation is 2. The van der Waals surface area contributed by atoms with Gasteiger partial charge in [0.1, 0.15) is 10.6 Å². The number of anilines is 1. The van der Waals surface area contributed by atoms with Gasteiger partial charge in [0.25, 0.3) is 10.0 Å². The van der Waals surface area contributed by atoms with Crippen LogP contribution < -0.4 is 9.46 Å². The van der Waals surface area contributed by atoms with Crippen LogP contribution in [0.25, 0.3) is 0 Å². The third kappa shape index (κ3) is 3.93. The van der Waals surface area contributed by atoms with E-state index < -0.39 is 10.0 Å². The summed E-state index contributed by atoms with van der Waals surface area (Å²) in [5.41, 5.74) is 4.41. The maximum absolute atomic E-state index is 12.9. The zero-order chi connectivity index (χ0) is 19.8. The Morgan fingerprint density at radius 1 is 1.11 bits per heavy atom. The molecule has 0 saturated heterocycles. The van der Waals surface area contributed by atoms with Gasteiger partial charge in [-0.25, -0.2) is 8.42 Å². The average Bonchev–Trinajstić information content (AvgIpc) is 2.62. The summed E-state index contributed by atoms with van der Waals surface area (Å²) >= 11 is 0. The highest BCUT2D eigenvalue weighted by Crippen LogP contribution is 2.30. The summed E-state index contributed by atoms with van der Waals surface area (Å²) in [6.07, 6.45) is 0.771. The van der Waals surface area contributed by atoms with Crippen molar-refractivity contribution in [2.24, 2.45) is 0 Å². The number of nitrogens with one attached hydrogen (secondary N) is 1. The van der Waals surface area contributed by atoms with Gasteiger partial charge in [0.05, 0.1) is 7.11 Å². The van der Waals surface area contributed by atoms with Crippen LogP contribution in [0.15, 0.2) is 35.2 Å². The maximum Gasteiger partial charge on any atom is 0.265 e. The van der Waals surface area contributed by atoms with Crippen LogP contribution in [-0.4, -0.2) is 32.9 Å². The van der Waals surface area contributed by atoms with Gasteiger partial charge in [-0.05, 0) is 66.8 Å². The predicted molar refractivity (Wildman–Crippen MR) is 105 cm³/mol. The van der Waals surface area contributed by atoms with Gasteiger partial charge in [0.2, 0.25) is 5.91 Å². The molecule has 2 aromatic rings. The number of nitrogens with zero attached hydrogens (tertiary/aromatic N) is 1. The number of hydrogen-bond acceptors (Lipinski definition) is 4. The Labute approximate surface area is 160 Å². The molecule has 0 radical (unpaired) electrons. The molecule has 0 fully saturated rings. The number of hydrogen-bond donors (Lipinski definition) is 1. The molecule has 0 atom stereocenters. The number of rotatable bonds is 4. The molecule has 27 heavy (non-hydrogen) atoms. The van der Waals surface area contributed by atoms with Crippen molar-refractivity contribution in [2.75, 3.05) is 18.4 Å². The van der Waals surface area contributed by atoms with Crippen molar-refractivity contribution in [2.45, 2.75) is 38.6 Å². The minimum Gasteiger partial charge on any atom is -0.495 e. The Morgan fingerprint density at radius 2 is 1.81 bits per heavy atom. The first-order valence-corrected chi connectivity index (χ1v) is 10.2. The SMILES string of the molecule is COc1cc(C)c(C)cc1S(=O)(=O)Nc1ccc2c(c1)CN(C(C)=O)CC2. The maximum atomic E-state index is 12.9. The van der Waals surface area contributed by atoms with Gasteiger partial charge in [-0.15, -0.1) is 0 Å². The molecule has 7 heteroatoms. The Bertz CT molecular complexity index is 999. The van der Waals surface area contributed by atoms with Crippen LogP contribution >= 0.6 is 0 Å². The molecule has 0 aliphatic carbocycles. The molecule has 1 amide bonds. The van der Waals surface area contributed by atoms with Crippen molar-refractivity contribution in [3.63, 3.8) is 0 Å². The molecule has 6 nitrogen and oxygen atoms in total. The number of ether oxygens (including phenoxy) is 1. The zero-order valence-corrected chi connectivity index (χ0v) is 16.8. The zero-order valence-electron chi connectivity index (χ0n) is 16.0. The minimum atomic E-state index is -3.81. The smallest absolute Gasteiger partial charge is 0.265 e. The number of fused-ring (bicyclic) bond motifs is 1. The first-order valence-electron chi connectivity index (χ1n) is 8.76. The first-order chi connectivity index (χ1) is 12.7. The molecule has 3 rings (SSSR count). The highest BCUT2D eigenvalue weighted by molar-refractivity contribution is 7.92. The number of amides is 1. The molecule has 0 saturated carbocycles. The fraction of sp³-hybridized carbons (Fsp3) is 0.350. The van der Waals surface area contributed by atoms with Crippen molar-refractivity contribution in [1.29, 1.82) is 0 Å². The van der Waals surface area contributed by atoms with E-state index >= 15 is 0 Å². The summed E-state index contributed by atoms with van der Waals surface area (Å²) in [6, 6.07) is 8.82. The lowest BCUT2D eigenvalue weighted by Crippen LogP contribution is -2.34. The summed E-state index contributed by atoms with van der Waals surface area (Å²) in [5, 5.41) is 0. The van der Waals surface area contributed by atoms with E-state index in [1.807, 2.05) is 19.9 Å². The molecule has 0 bridgehead atoms. The number of methoxy groups -OCH3 is 1. The lowest BCUT2D eigenvalue weighted by Gasteiger charge is -2.28. The molecule has 1 aliphatic rings. The molecular weight excluding hydrogens is 364 g/mol. The normalized spacial score (nSPS) is 13.9. The van der Waals surface area contributed by atoms with E-state index in [1.54, 1.807) is 36.1 Å². The molecule has 144 valence electrons. The third-order valence-corrected chi connectivity index (χ3v) is 6.39. The van der Waals surface area contributed by atoms with Gasteiger partial charge in [-0.2, -0.15) is 0 Å². The van der Waals surface area contributed by atoms with E-state index in [0.29, 0.717) is 24.5 Å². The molecule has 1 N–H and O–H groups in total. The predicted octanol–water partition coefficient (Wildman–Crippen LogP) is 3.02. The standard InChI is InChI=1S/C20H24N2O4S/c1-13-9-19(26-4)20(10-14(13)2)27(24,25)21-18-6-5-16-7-8-22(15(3)23)12-17(16)11-18/h5-6,9-11,21H,7-8,12H2,1-4H3. The van der Waals surface area contributed by atoms with Crippen LogP contribution in [0.3, 0.4) is 0 Å². The van der Waals surface area contributed by atoms with Crippen molar-refractivity contribution >= 4 is 21.6 Å². The monoisotopic (exact) mass is 388 g/mol. The second kappa shape index (κ2) is 7.23. The highest BCUT2D eigenvalue weighted by Gasteiger charge is 2.23. The fourth-order valence-corrected chi connectivity index (χ4v) is 4.52. The van der Waals surface area contributed by atoms with Gasteiger partial charge in [-0.1, -0.05) is 6.07 Å². The fourth-order valence-electron chi connectivity index (χ4n) is 3.23. The lowest BCUT2D eigenvalue weighted by molar-refractivity contribution is -0.129. The van der Waals surface area contributed by atoms with Crippen LogP contribution in [-0.2, 0) is 27.8 Å². The summed E-state index contributed by atoms with van der Waals surface area (Å²) in [6.45, 7) is 6.50. The molecular formula is C20H24N2O4S. The van der Waals surface area contributed by atoms with Crippen molar-refractivity contribution in [3.8, 4) is 5.75 Å². The number of sulfonamides is 1. The first kappa shape index (κ1) is 19.2. The topological polar surface area (TPSA) is 75.7 Å². The second-order valence-corrected chi connectivity index (χ2v) is 8.52. The second-order valence-electron chi connectivity index (χ2n) is 6.87. The summed E-state index contributed by atoms with van der Waals surface area (Å²) in [7, 11) is -2.35. The van der Waals surface area contributed by atoms with E-state index in [9.17, 15) is 13.2 Å². The van der Waals surface area contributed by atoms with Gasteiger partial charge < -0.3 is 9.64 Å². The molecule has 0 unspecified atom stereocenters. The van der Waals surface area contributed by atoms with E-state index in [0.717, 1.165) is 28.7 Å². The molecule has 1 aliphatic heterocycles. The summed E-state index contributed by atoms with van der Waals surface area (Å²) in [5.74, 6) is 0.331. The Balaban J connectivity index is 1.93. The largest absolute Gasteiger partial charge is 0.495 e. The summed E-state index contributed by atoms with van der Waals surface area (Å²) in [4.78, 5) is 13.5. The van der Waals surface area contributed by atoms with Gasteiger partial charge in [0.15, 0.2) is 0 Å². The third-order valence-electron chi connectivity index (χ3n) is 4.99. The molecule has 0 aromatic heterocycles. The number of benzene rings is 2. The van der Waals surface area contributed by atoms with Crippen molar-refractivity contribution in [3.05, 3.63) is 52.6 Å². The average molecular weight is 388 g/mol. The minimum absolute atomic E-state index is 0.0199. The van der Waals surface area contributed by atoms with Crippen LogP contribution in [0.4, 0.5) is 5.69 Å². The Hall–Kier alpha value is -2.54. The van der Waals surface area contributed by atoms with Crippen molar-refractivity contribution < 1.29 is 17.9 Å². The van der Waals surface area contributed by atoms with E-state index in [2.05, 4.69) is 4.72 Å². The van der Waals surface area contributed by atoms with Crippen LogP contribution in [0.2, 0.25) is 0 Å². The van der Waals surface area contributed by atoms with Crippen LogP contribution in [0, 0.1) is 13.8 Å². The molecule has 2 aromatic carbocycles. The van der Waals surface area contributed by atoms with Crippen LogP contribution in [0.5, 0.6) is 5.75 Å². The van der Waals surface area contributed by atoms with Gasteiger partial charge in [-0.3, -0.25) is 9.52 Å². The Kier molecular flexibility index (Phi) is 5.15. The highest BCUT2D eigenvalue weighted by atomic mass is 32.2. The number of carbonyl (C=O) groups excluding carboxylic acids is 1. The summed E-state index contributed by atoms with van der Waals surface area (Å²) < 4.78 is 33.8. The van der Waals surface area contributed by atoms with Crippen LogP contribution in [0.1, 0.15) is 29.2 Å². The van der Waals surface area contributed by atoms with Gasteiger partial charge >= 0.3 is 0 Å². The van der Waals surface area contributed by atoms with Crippen molar-refractivity contribution in [1.82, 2.24) is 4.90 Å². The Morgan fingerprint density at radius 3 is 2.48 bits per heavy atom. The quantitative estimate of drug-likeness (QED) is 0.874. The lowest BCUT2D eigenvalue weighted by atomic mass is 9.99. The van der Waals surface area contributed by atoms with Gasteiger partial charge in [0, 0.05) is 25.7 Å². The van der Waals surface area contributed by atoms with E-state index in [-0.39, 0.29) is 10.8 Å². The van der Waals surface area contributed by atoms with E-state index in [4.69, 9.17) is 4.74 Å². The molecule has 0 spiro atoms. The molecule has 1 heterocycles.